The molecule has 0 amide bonds. The summed E-state index contributed by atoms with van der Waals surface area (Å²) < 4.78 is 0. The molecule has 0 aliphatic rings. The van der Waals surface area contributed by atoms with Gasteiger partial charge in [-0.1, -0.05) is 0 Å². The molecule has 0 rings (SSSR count). The maximum absolute atomic E-state index is 10.1. The minimum absolute atomic E-state index is 0. The number of carboxylic acids is 3. The van der Waals surface area contributed by atoms with Crippen LogP contribution in [0.25, 0.3) is 0 Å². The van der Waals surface area contributed by atoms with Gasteiger partial charge in [0, 0.05) is 24.8 Å². The molecule has 10 heteroatoms. The molecule has 0 fully saturated rings. The van der Waals surface area contributed by atoms with E-state index in [-0.39, 0.29) is 99.8 Å². The van der Waals surface area contributed by atoms with E-state index >= 15 is 0 Å². The van der Waals surface area contributed by atoms with Crippen LogP contribution in [0.2, 0.25) is 0 Å². The monoisotopic (exact) mass is 258 g/mol. The minimum atomic E-state index is -2.97. The predicted octanol–water partition coefficient (Wildman–Crippen LogP) is -14.2. The van der Waals surface area contributed by atoms with E-state index in [0.717, 1.165) is 0 Å². The largest absolute Gasteiger partial charge is 1.00 e. The molecule has 0 unspecified atom stereocenters. The fourth-order valence-corrected chi connectivity index (χ4v) is 0.684. The van der Waals surface area contributed by atoms with Crippen LogP contribution in [0, 0.1) is 0 Å². The van der Waals surface area contributed by atoms with Crippen LogP contribution < -0.4 is 115 Å². The number of hydrogen-bond donors (Lipinski definition) is 1. The summed E-state index contributed by atoms with van der Waals surface area (Å²) in [5.74, 6) is -5.98. The SMILES string of the molecule is O=C([O-])CC(O)(CC(=O)[O-])C(=O)[O-].[K+].[Li+].[Na+]. The third kappa shape index (κ3) is 10.7. The molecule has 0 atom stereocenters. The molecule has 0 aliphatic heterocycles. The normalized spacial score (nSPS) is 8.81. The summed E-state index contributed by atoms with van der Waals surface area (Å²) in [6.07, 6.45) is -2.72. The topological polar surface area (TPSA) is 141 Å². The number of carbonyl (C=O) groups is 3. The van der Waals surface area contributed by atoms with E-state index < -0.39 is 36.4 Å². The van der Waals surface area contributed by atoms with Crippen molar-refractivity contribution < 1.29 is 135 Å². The van der Waals surface area contributed by atoms with Crippen molar-refractivity contribution in [3.8, 4) is 0 Å². The molecule has 0 aromatic carbocycles. The van der Waals surface area contributed by atoms with Gasteiger partial charge in [0.15, 0.2) is 0 Å². The van der Waals surface area contributed by atoms with Crippen LogP contribution in [-0.4, -0.2) is 28.6 Å². The summed E-state index contributed by atoms with van der Waals surface area (Å²) in [4.78, 5) is 30.0. The van der Waals surface area contributed by atoms with Crippen LogP contribution >= 0.6 is 0 Å². The van der Waals surface area contributed by atoms with Crippen LogP contribution in [-0.2, 0) is 14.4 Å². The molecular formula is C6H5KLiNaO7. The average Bonchev–Trinajstić information content (AvgIpc) is 1.82. The Hall–Kier alpha value is 1.60. The Labute approximate surface area is 168 Å². The molecule has 0 saturated carbocycles. The van der Waals surface area contributed by atoms with Gasteiger partial charge in [0.05, 0.1) is 5.97 Å². The van der Waals surface area contributed by atoms with E-state index in [1.165, 1.54) is 0 Å². The first-order chi connectivity index (χ1) is 5.78. The van der Waals surface area contributed by atoms with Gasteiger partial charge < -0.3 is 34.8 Å². The molecular weight excluding hydrogens is 253 g/mol. The second-order valence-corrected chi connectivity index (χ2v) is 2.42. The molecule has 0 aliphatic carbocycles. The zero-order valence-electron chi connectivity index (χ0n) is 9.31. The van der Waals surface area contributed by atoms with Crippen molar-refractivity contribution in [2.24, 2.45) is 0 Å². The molecule has 1 N–H and O–H groups in total. The summed E-state index contributed by atoms with van der Waals surface area (Å²) >= 11 is 0. The van der Waals surface area contributed by atoms with Gasteiger partial charge in [0.2, 0.25) is 0 Å². The number of carbonyl (C=O) groups excluding carboxylic acids is 3. The molecule has 16 heavy (non-hydrogen) atoms. The number of rotatable bonds is 5. The first-order valence-electron chi connectivity index (χ1n) is 3.11. The fourth-order valence-electron chi connectivity index (χ4n) is 0.684. The second-order valence-electron chi connectivity index (χ2n) is 2.42. The molecule has 0 aromatic rings. The molecule has 0 heterocycles. The zero-order chi connectivity index (χ0) is 10.6. The van der Waals surface area contributed by atoms with Crippen molar-refractivity contribution in [1.82, 2.24) is 0 Å². The third-order valence-corrected chi connectivity index (χ3v) is 1.25. The van der Waals surface area contributed by atoms with Crippen LogP contribution in [0.5, 0.6) is 0 Å². The van der Waals surface area contributed by atoms with Gasteiger partial charge in [-0.05, 0) is 0 Å². The molecule has 0 radical (unpaired) electrons. The minimum Gasteiger partial charge on any atom is -0.550 e. The van der Waals surface area contributed by atoms with E-state index in [4.69, 9.17) is 5.11 Å². The third-order valence-electron chi connectivity index (χ3n) is 1.25. The van der Waals surface area contributed by atoms with Gasteiger partial charge in [0.1, 0.15) is 5.60 Å². The summed E-state index contributed by atoms with van der Waals surface area (Å²) in [6.45, 7) is 0. The first-order valence-corrected chi connectivity index (χ1v) is 3.11. The molecule has 7 nitrogen and oxygen atoms in total. The van der Waals surface area contributed by atoms with Crippen molar-refractivity contribution in [3.63, 3.8) is 0 Å². The van der Waals surface area contributed by atoms with E-state index in [9.17, 15) is 29.7 Å². The van der Waals surface area contributed by atoms with Crippen molar-refractivity contribution >= 4 is 17.9 Å². The quantitative estimate of drug-likeness (QED) is 0.482. The van der Waals surface area contributed by atoms with Gasteiger partial charge in [-0.15, -0.1) is 0 Å². The van der Waals surface area contributed by atoms with Crippen LogP contribution in [0.4, 0.5) is 0 Å². The molecule has 0 saturated heterocycles. The van der Waals surface area contributed by atoms with Gasteiger partial charge in [-0.3, -0.25) is 0 Å². The van der Waals surface area contributed by atoms with Gasteiger partial charge in [-0.25, -0.2) is 0 Å². The molecule has 0 spiro atoms. The average molecular weight is 258 g/mol. The summed E-state index contributed by atoms with van der Waals surface area (Å²) in [6, 6.07) is 0. The Morgan fingerprint density at radius 3 is 1.38 bits per heavy atom. The standard InChI is InChI=1S/C6H8O7.K.Li.Na/c7-3(8)1-6(13,5(11)12)2-4(9)10;;;/h13H,1-2H2,(H,7,8)(H,9,10)(H,11,12);;;/q;3*+1/p-3. The Bertz CT molecular complexity index is 243. The summed E-state index contributed by atoms with van der Waals surface area (Å²) in [5.41, 5.74) is -2.97. The van der Waals surface area contributed by atoms with Gasteiger partial charge >= 0.3 is 99.8 Å². The first kappa shape index (κ1) is 26.2. The van der Waals surface area contributed by atoms with Crippen molar-refractivity contribution in [1.29, 1.82) is 0 Å². The summed E-state index contributed by atoms with van der Waals surface area (Å²) in [5, 5.41) is 38.9. The van der Waals surface area contributed by atoms with Crippen molar-refractivity contribution in [3.05, 3.63) is 0 Å². The smallest absolute Gasteiger partial charge is 0.550 e. The Morgan fingerprint density at radius 1 is 1.00 bits per heavy atom. The fraction of sp³-hybridized carbons (Fsp3) is 0.500. The maximum Gasteiger partial charge on any atom is 1.00 e. The van der Waals surface area contributed by atoms with Gasteiger partial charge in [-0.2, -0.15) is 0 Å². The van der Waals surface area contributed by atoms with E-state index in [2.05, 4.69) is 0 Å². The molecule has 0 bridgehead atoms. The second kappa shape index (κ2) is 11.7. The number of hydrogen-bond acceptors (Lipinski definition) is 7. The number of carboxylic acid groups (broad SMARTS) is 3. The predicted molar refractivity (Wildman–Crippen MR) is 29.2 cm³/mol. The van der Waals surface area contributed by atoms with E-state index in [1.807, 2.05) is 0 Å². The van der Waals surface area contributed by atoms with Crippen LogP contribution in [0.15, 0.2) is 0 Å². The van der Waals surface area contributed by atoms with Crippen molar-refractivity contribution in [2.75, 3.05) is 0 Å². The maximum atomic E-state index is 10.1. The van der Waals surface area contributed by atoms with Crippen molar-refractivity contribution in [2.45, 2.75) is 18.4 Å². The van der Waals surface area contributed by atoms with Gasteiger partial charge in [0.25, 0.3) is 0 Å². The summed E-state index contributed by atoms with van der Waals surface area (Å²) in [7, 11) is 0. The van der Waals surface area contributed by atoms with E-state index in [1.54, 1.807) is 0 Å². The Morgan fingerprint density at radius 2 is 1.25 bits per heavy atom. The van der Waals surface area contributed by atoms with Crippen LogP contribution in [0.3, 0.4) is 0 Å². The zero-order valence-corrected chi connectivity index (χ0v) is 14.4. The number of aliphatic carboxylic acids is 3. The molecule has 0 aromatic heterocycles. The Balaban J connectivity index is -0.000000240. The van der Waals surface area contributed by atoms with Crippen LogP contribution in [0.1, 0.15) is 12.8 Å². The number of aliphatic hydroxyl groups is 1. The van der Waals surface area contributed by atoms with E-state index in [0.29, 0.717) is 0 Å². The molecule has 74 valence electrons. The Kier molecular flexibility index (Phi) is 19.1.